The zero-order valence-corrected chi connectivity index (χ0v) is 11.9. The van der Waals surface area contributed by atoms with Gasteiger partial charge in [-0.25, -0.2) is 0 Å². The lowest BCUT2D eigenvalue weighted by molar-refractivity contribution is 0.102. The normalized spacial score (nSPS) is 10.1. The number of hydrogen-bond donors (Lipinski definition) is 2. The first-order valence-corrected chi connectivity index (χ1v) is 6.50. The van der Waals surface area contributed by atoms with Crippen molar-refractivity contribution in [3.05, 3.63) is 42.0 Å². The van der Waals surface area contributed by atoms with Gasteiger partial charge in [0.25, 0.3) is 5.91 Å². The minimum Gasteiger partial charge on any atom is -0.384 e. The molecule has 108 valence electrons. The van der Waals surface area contributed by atoms with E-state index < -0.39 is 0 Å². The van der Waals surface area contributed by atoms with Crippen molar-refractivity contribution < 1.29 is 9.90 Å². The number of pyridine rings is 1. The highest BCUT2D eigenvalue weighted by Crippen LogP contribution is 2.11. The van der Waals surface area contributed by atoms with Crippen LogP contribution in [-0.4, -0.2) is 32.4 Å². The van der Waals surface area contributed by atoms with Gasteiger partial charge in [-0.2, -0.15) is 5.10 Å². The third-order valence-electron chi connectivity index (χ3n) is 2.70. The maximum atomic E-state index is 12.1. The van der Waals surface area contributed by atoms with Crippen molar-refractivity contribution in [3.63, 3.8) is 0 Å². The van der Waals surface area contributed by atoms with E-state index in [1.165, 1.54) is 12.4 Å². The Bertz CT molecular complexity index is 695. The number of carbonyl (C=O) groups is 1. The van der Waals surface area contributed by atoms with Gasteiger partial charge in [0.1, 0.15) is 6.61 Å². The summed E-state index contributed by atoms with van der Waals surface area (Å²) in [7, 11) is 0. The Morgan fingerprint density at radius 3 is 2.90 bits per heavy atom. The first-order chi connectivity index (χ1) is 10.1. The molecular weight excluding hydrogens is 268 g/mol. The predicted octanol–water partition coefficient (Wildman–Crippen LogP) is 1.46. The SMILES string of the molecule is CC(C)n1cc(NC(=O)c2cncc(C#CCO)c2)cn1. The Hall–Kier alpha value is -2.65. The van der Waals surface area contributed by atoms with E-state index in [4.69, 9.17) is 5.11 Å². The Morgan fingerprint density at radius 1 is 1.43 bits per heavy atom. The molecule has 1 amide bonds. The summed E-state index contributed by atoms with van der Waals surface area (Å²) in [6, 6.07) is 1.85. The molecule has 21 heavy (non-hydrogen) atoms. The van der Waals surface area contributed by atoms with Crippen molar-refractivity contribution in [2.24, 2.45) is 0 Å². The molecule has 0 unspecified atom stereocenters. The van der Waals surface area contributed by atoms with Gasteiger partial charge in [-0.3, -0.25) is 14.5 Å². The van der Waals surface area contributed by atoms with Gasteiger partial charge >= 0.3 is 0 Å². The van der Waals surface area contributed by atoms with Crippen LogP contribution >= 0.6 is 0 Å². The quantitative estimate of drug-likeness (QED) is 0.836. The highest BCUT2D eigenvalue weighted by molar-refractivity contribution is 6.04. The largest absolute Gasteiger partial charge is 0.384 e. The van der Waals surface area contributed by atoms with Crippen LogP contribution < -0.4 is 5.32 Å². The number of nitrogens with zero attached hydrogens (tertiary/aromatic N) is 3. The highest BCUT2D eigenvalue weighted by atomic mass is 16.2. The first kappa shape index (κ1) is 14.8. The van der Waals surface area contributed by atoms with Crippen LogP contribution in [0, 0.1) is 11.8 Å². The van der Waals surface area contributed by atoms with E-state index >= 15 is 0 Å². The predicted molar refractivity (Wildman–Crippen MR) is 78.8 cm³/mol. The van der Waals surface area contributed by atoms with Gasteiger partial charge in [0.05, 0.1) is 17.4 Å². The Balaban J connectivity index is 2.12. The van der Waals surface area contributed by atoms with Crippen LogP contribution in [0.3, 0.4) is 0 Å². The molecular formula is C15H16N4O2. The molecule has 2 heterocycles. The zero-order chi connectivity index (χ0) is 15.2. The van der Waals surface area contributed by atoms with Crippen molar-refractivity contribution in [1.29, 1.82) is 0 Å². The number of hydrogen-bond acceptors (Lipinski definition) is 4. The number of aromatic nitrogens is 3. The molecule has 0 spiro atoms. The molecule has 2 rings (SSSR count). The van der Waals surface area contributed by atoms with E-state index in [9.17, 15) is 4.79 Å². The van der Waals surface area contributed by atoms with Crippen molar-refractivity contribution in [1.82, 2.24) is 14.8 Å². The van der Waals surface area contributed by atoms with Gasteiger partial charge in [-0.05, 0) is 19.9 Å². The van der Waals surface area contributed by atoms with Crippen LogP contribution in [0.15, 0.2) is 30.9 Å². The van der Waals surface area contributed by atoms with Crippen molar-refractivity contribution >= 4 is 11.6 Å². The molecule has 0 saturated carbocycles. The average Bonchev–Trinajstić information content (AvgIpc) is 2.94. The molecule has 2 aromatic heterocycles. The molecule has 0 aliphatic carbocycles. The van der Waals surface area contributed by atoms with Gasteiger partial charge in [0.15, 0.2) is 0 Å². The number of amides is 1. The lowest BCUT2D eigenvalue weighted by Crippen LogP contribution is -2.12. The second kappa shape index (κ2) is 6.68. The monoisotopic (exact) mass is 284 g/mol. The summed E-state index contributed by atoms with van der Waals surface area (Å²) in [4.78, 5) is 16.1. The van der Waals surface area contributed by atoms with Crippen LogP contribution in [0.5, 0.6) is 0 Å². The number of nitrogens with one attached hydrogen (secondary N) is 1. The van der Waals surface area contributed by atoms with Crippen LogP contribution in [-0.2, 0) is 0 Å². The molecule has 0 aliphatic rings. The number of anilines is 1. The van der Waals surface area contributed by atoms with E-state index in [-0.39, 0.29) is 18.6 Å². The van der Waals surface area contributed by atoms with E-state index in [1.54, 1.807) is 23.1 Å². The molecule has 0 aliphatic heterocycles. The fourth-order valence-electron chi connectivity index (χ4n) is 1.66. The smallest absolute Gasteiger partial charge is 0.257 e. The molecule has 0 aromatic carbocycles. The second-order valence-electron chi connectivity index (χ2n) is 4.68. The summed E-state index contributed by atoms with van der Waals surface area (Å²) in [5.41, 5.74) is 1.60. The van der Waals surface area contributed by atoms with Gasteiger partial charge in [0, 0.05) is 30.2 Å². The fraction of sp³-hybridized carbons (Fsp3) is 0.267. The van der Waals surface area contributed by atoms with E-state index in [1.807, 2.05) is 13.8 Å². The van der Waals surface area contributed by atoms with E-state index in [0.29, 0.717) is 16.8 Å². The van der Waals surface area contributed by atoms with Gasteiger partial charge in [0.2, 0.25) is 0 Å². The fourth-order valence-corrected chi connectivity index (χ4v) is 1.66. The van der Waals surface area contributed by atoms with Crippen LogP contribution in [0.4, 0.5) is 5.69 Å². The minimum absolute atomic E-state index is 0.231. The summed E-state index contributed by atoms with van der Waals surface area (Å²) >= 11 is 0. The van der Waals surface area contributed by atoms with E-state index in [0.717, 1.165) is 0 Å². The van der Waals surface area contributed by atoms with Crippen LogP contribution in [0.25, 0.3) is 0 Å². The van der Waals surface area contributed by atoms with E-state index in [2.05, 4.69) is 27.2 Å². The maximum Gasteiger partial charge on any atom is 0.257 e. The lowest BCUT2D eigenvalue weighted by atomic mass is 10.2. The molecule has 6 nitrogen and oxygen atoms in total. The Kier molecular flexibility index (Phi) is 4.69. The average molecular weight is 284 g/mol. The Labute approximate surface area is 122 Å². The number of aliphatic hydroxyl groups is 1. The highest BCUT2D eigenvalue weighted by Gasteiger charge is 2.09. The number of rotatable bonds is 3. The molecule has 0 saturated heterocycles. The summed E-state index contributed by atoms with van der Waals surface area (Å²) in [5, 5.41) is 15.6. The molecule has 0 radical (unpaired) electrons. The lowest BCUT2D eigenvalue weighted by Gasteiger charge is -2.04. The summed E-state index contributed by atoms with van der Waals surface area (Å²) in [6.45, 7) is 3.78. The minimum atomic E-state index is -0.279. The van der Waals surface area contributed by atoms with Crippen molar-refractivity contribution in [2.75, 3.05) is 11.9 Å². The summed E-state index contributed by atoms with van der Waals surface area (Å²) in [5.74, 6) is 4.95. The maximum absolute atomic E-state index is 12.1. The third-order valence-corrected chi connectivity index (χ3v) is 2.70. The summed E-state index contributed by atoms with van der Waals surface area (Å²) in [6.07, 6.45) is 6.37. The first-order valence-electron chi connectivity index (χ1n) is 6.50. The third kappa shape index (κ3) is 3.91. The van der Waals surface area contributed by atoms with Crippen molar-refractivity contribution in [3.8, 4) is 11.8 Å². The molecule has 0 fully saturated rings. The number of carbonyl (C=O) groups excluding carboxylic acids is 1. The standard InChI is InChI=1S/C15H16N4O2/c1-11(2)19-10-14(9-17-19)18-15(21)13-6-12(4-3-5-20)7-16-8-13/h6-11,20H,5H2,1-2H3,(H,18,21). The second-order valence-corrected chi connectivity index (χ2v) is 4.68. The van der Waals surface area contributed by atoms with Gasteiger partial charge in [-0.15, -0.1) is 0 Å². The molecule has 0 bridgehead atoms. The van der Waals surface area contributed by atoms with Gasteiger partial charge in [-0.1, -0.05) is 11.8 Å². The molecule has 2 aromatic rings. The summed E-state index contributed by atoms with van der Waals surface area (Å²) < 4.78 is 1.76. The Morgan fingerprint density at radius 2 is 2.24 bits per heavy atom. The molecule has 6 heteroatoms. The molecule has 0 atom stereocenters. The molecule has 2 N–H and O–H groups in total. The number of aliphatic hydroxyl groups excluding tert-OH is 1. The van der Waals surface area contributed by atoms with Crippen molar-refractivity contribution in [2.45, 2.75) is 19.9 Å². The van der Waals surface area contributed by atoms with Gasteiger partial charge < -0.3 is 10.4 Å². The topological polar surface area (TPSA) is 80.0 Å². The van der Waals surface area contributed by atoms with Crippen LogP contribution in [0.2, 0.25) is 0 Å². The van der Waals surface area contributed by atoms with Crippen LogP contribution in [0.1, 0.15) is 35.8 Å². The zero-order valence-electron chi connectivity index (χ0n) is 11.9.